The summed E-state index contributed by atoms with van der Waals surface area (Å²) in [6.45, 7) is 3.83. The molecule has 9 nitrogen and oxygen atoms in total. The van der Waals surface area contributed by atoms with E-state index >= 15 is 0 Å². The molecule has 2 aromatic carbocycles. The monoisotopic (exact) mass is 420 g/mol. The predicted octanol–water partition coefficient (Wildman–Crippen LogP) is 3.76. The van der Waals surface area contributed by atoms with Crippen molar-refractivity contribution in [3.63, 3.8) is 0 Å². The topological polar surface area (TPSA) is 109 Å². The summed E-state index contributed by atoms with van der Waals surface area (Å²) in [6.07, 6.45) is 0. The number of benzene rings is 2. The summed E-state index contributed by atoms with van der Waals surface area (Å²) in [5, 5.41) is 8.06. The number of fused-ring (bicyclic) bond motifs is 1. The molecule has 0 aliphatic carbocycles. The maximum absolute atomic E-state index is 5.83. The first-order chi connectivity index (χ1) is 14.9. The van der Waals surface area contributed by atoms with Crippen LogP contribution in [0.2, 0.25) is 0 Å². The molecule has 0 amide bonds. The van der Waals surface area contributed by atoms with Crippen LogP contribution >= 0.6 is 0 Å². The largest absolute Gasteiger partial charge is 0.493 e. The summed E-state index contributed by atoms with van der Waals surface area (Å²) in [7, 11) is 4.72. The van der Waals surface area contributed by atoms with Crippen LogP contribution in [-0.4, -0.2) is 40.9 Å². The Hall–Kier alpha value is -4.01. The quantitative estimate of drug-likeness (QED) is 0.454. The van der Waals surface area contributed by atoms with Gasteiger partial charge < -0.3 is 25.3 Å². The van der Waals surface area contributed by atoms with Crippen molar-refractivity contribution in [1.82, 2.24) is 19.6 Å². The van der Waals surface area contributed by atoms with Crippen LogP contribution in [0.4, 0.5) is 17.2 Å². The first-order valence-corrected chi connectivity index (χ1v) is 9.62. The van der Waals surface area contributed by atoms with Gasteiger partial charge in [-0.1, -0.05) is 0 Å². The second-order valence-corrected chi connectivity index (χ2v) is 6.95. The molecule has 9 heteroatoms. The molecule has 0 fully saturated rings. The highest BCUT2D eigenvalue weighted by molar-refractivity contribution is 5.79. The summed E-state index contributed by atoms with van der Waals surface area (Å²) in [5.74, 6) is 3.50. The van der Waals surface area contributed by atoms with Crippen molar-refractivity contribution in [3.05, 3.63) is 47.9 Å². The maximum atomic E-state index is 5.83. The fourth-order valence-electron chi connectivity index (χ4n) is 3.46. The van der Waals surface area contributed by atoms with Crippen LogP contribution < -0.4 is 25.3 Å². The average Bonchev–Trinajstić information content (AvgIpc) is 3.07. The second kappa shape index (κ2) is 8.02. The highest BCUT2D eigenvalue weighted by Gasteiger charge is 2.18. The number of anilines is 3. The van der Waals surface area contributed by atoms with Crippen molar-refractivity contribution in [1.29, 1.82) is 0 Å². The minimum atomic E-state index is 0.516. The van der Waals surface area contributed by atoms with E-state index in [9.17, 15) is 0 Å². The summed E-state index contributed by atoms with van der Waals surface area (Å²) < 4.78 is 18.1. The molecule has 0 radical (unpaired) electrons. The Morgan fingerprint density at radius 2 is 1.55 bits per heavy atom. The van der Waals surface area contributed by atoms with Crippen molar-refractivity contribution in [2.45, 2.75) is 13.8 Å². The van der Waals surface area contributed by atoms with Gasteiger partial charge in [0.05, 0.1) is 27.0 Å². The molecule has 0 aliphatic heterocycles. The third kappa shape index (κ3) is 3.65. The SMILES string of the molecule is COc1cc(Nc2nc(-c3ccc(N)cc3)nn3c(C)nc(C)c23)cc(OC)c1OC. The van der Waals surface area contributed by atoms with Crippen molar-refractivity contribution < 1.29 is 14.2 Å². The second-order valence-electron chi connectivity index (χ2n) is 6.95. The number of nitrogens with one attached hydrogen (secondary N) is 1. The summed E-state index contributed by atoms with van der Waals surface area (Å²) >= 11 is 0. The Labute approximate surface area is 179 Å². The molecule has 0 unspecified atom stereocenters. The van der Waals surface area contributed by atoms with Gasteiger partial charge in [-0.15, -0.1) is 5.10 Å². The lowest BCUT2D eigenvalue weighted by Gasteiger charge is -2.16. The van der Waals surface area contributed by atoms with Crippen LogP contribution in [0, 0.1) is 13.8 Å². The van der Waals surface area contributed by atoms with E-state index in [1.807, 2.05) is 50.2 Å². The summed E-state index contributed by atoms with van der Waals surface area (Å²) in [4.78, 5) is 9.35. The molecular weight excluding hydrogens is 396 g/mol. The van der Waals surface area contributed by atoms with Crippen LogP contribution in [0.5, 0.6) is 17.2 Å². The normalized spacial score (nSPS) is 10.9. The van der Waals surface area contributed by atoms with Crippen molar-refractivity contribution in [2.24, 2.45) is 0 Å². The van der Waals surface area contributed by atoms with Crippen LogP contribution in [-0.2, 0) is 0 Å². The third-order valence-electron chi connectivity index (χ3n) is 4.92. The lowest BCUT2D eigenvalue weighted by molar-refractivity contribution is 0.324. The van der Waals surface area contributed by atoms with E-state index in [1.54, 1.807) is 25.8 Å². The highest BCUT2D eigenvalue weighted by atomic mass is 16.5. The number of nitrogens with zero attached hydrogens (tertiary/aromatic N) is 4. The number of rotatable bonds is 6. The van der Waals surface area contributed by atoms with E-state index in [0.29, 0.717) is 34.6 Å². The first-order valence-electron chi connectivity index (χ1n) is 9.62. The maximum Gasteiger partial charge on any atom is 0.203 e. The van der Waals surface area contributed by atoms with Gasteiger partial charge in [-0.25, -0.2) is 14.5 Å². The minimum absolute atomic E-state index is 0.516. The zero-order valence-corrected chi connectivity index (χ0v) is 18.1. The van der Waals surface area contributed by atoms with Gasteiger partial charge in [0.15, 0.2) is 23.1 Å². The standard InChI is InChI=1S/C22H24N6O3/c1-12-19-22(25-16-10-17(29-3)20(31-5)18(11-16)30-4)26-21(27-28(19)13(2)24-12)14-6-8-15(23)9-7-14/h6-11H,23H2,1-5H3,(H,25,26,27). The molecule has 2 heterocycles. The van der Waals surface area contributed by atoms with Crippen LogP contribution in [0.1, 0.15) is 11.5 Å². The molecule has 0 saturated carbocycles. The minimum Gasteiger partial charge on any atom is -0.493 e. The number of hydrogen-bond acceptors (Lipinski definition) is 8. The average molecular weight is 420 g/mol. The number of nitrogens with two attached hydrogens (primary N) is 1. The van der Waals surface area contributed by atoms with Gasteiger partial charge in [-0.05, 0) is 38.1 Å². The molecule has 2 aromatic heterocycles. The number of hydrogen-bond donors (Lipinski definition) is 2. The van der Waals surface area contributed by atoms with Crippen molar-refractivity contribution in [2.75, 3.05) is 32.4 Å². The van der Waals surface area contributed by atoms with Crippen molar-refractivity contribution in [3.8, 4) is 28.6 Å². The number of aryl methyl sites for hydroxylation is 2. The predicted molar refractivity (Wildman–Crippen MR) is 119 cm³/mol. The molecular formula is C22H24N6O3. The fourth-order valence-corrected chi connectivity index (χ4v) is 3.46. The Bertz CT molecular complexity index is 1230. The van der Waals surface area contributed by atoms with Crippen LogP contribution in [0.25, 0.3) is 16.9 Å². The van der Waals surface area contributed by atoms with E-state index in [-0.39, 0.29) is 0 Å². The smallest absolute Gasteiger partial charge is 0.203 e. The zero-order valence-electron chi connectivity index (χ0n) is 18.1. The molecule has 4 aromatic rings. The molecule has 4 rings (SSSR count). The van der Waals surface area contributed by atoms with E-state index < -0.39 is 0 Å². The Morgan fingerprint density at radius 3 is 2.13 bits per heavy atom. The summed E-state index contributed by atoms with van der Waals surface area (Å²) in [6, 6.07) is 11.1. The number of ether oxygens (including phenoxy) is 3. The molecule has 0 saturated heterocycles. The Balaban J connectivity index is 1.88. The van der Waals surface area contributed by atoms with Crippen LogP contribution in [0.15, 0.2) is 36.4 Å². The molecule has 0 aliphatic rings. The highest BCUT2D eigenvalue weighted by Crippen LogP contribution is 2.41. The lowest BCUT2D eigenvalue weighted by atomic mass is 10.2. The number of nitrogen functional groups attached to an aromatic ring is 1. The first kappa shape index (κ1) is 20.3. The van der Waals surface area contributed by atoms with E-state index in [0.717, 1.165) is 28.3 Å². The van der Waals surface area contributed by atoms with Crippen molar-refractivity contribution >= 4 is 22.7 Å². The molecule has 160 valence electrons. The molecule has 3 N–H and O–H groups in total. The van der Waals surface area contributed by atoms with Gasteiger partial charge >= 0.3 is 0 Å². The zero-order chi connectivity index (χ0) is 22.1. The number of imidazole rings is 1. The van der Waals surface area contributed by atoms with Gasteiger partial charge in [0, 0.05) is 29.1 Å². The van der Waals surface area contributed by atoms with Gasteiger partial charge in [0.1, 0.15) is 11.3 Å². The molecule has 0 atom stereocenters. The van der Waals surface area contributed by atoms with E-state index in [2.05, 4.69) is 15.4 Å². The molecule has 0 bridgehead atoms. The lowest BCUT2D eigenvalue weighted by Crippen LogP contribution is -2.06. The van der Waals surface area contributed by atoms with E-state index in [1.165, 1.54) is 0 Å². The van der Waals surface area contributed by atoms with Gasteiger partial charge in [-0.2, -0.15) is 0 Å². The Morgan fingerprint density at radius 1 is 0.903 bits per heavy atom. The van der Waals surface area contributed by atoms with Gasteiger partial charge in [-0.3, -0.25) is 0 Å². The van der Waals surface area contributed by atoms with Gasteiger partial charge in [0.25, 0.3) is 0 Å². The molecule has 0 spiro atoms. The summed E-state index contributed by atoms with van der Waals surface area (Å²) in [5.41, 5.74) is 9.67. The van der Waals surface area contributed by atoms with E-state index in [4.69, 9.17) is 24.9 Å². The molecule has 31 heavy (non-hydrogen) atoms. The Kier molecular flexibility index (Phi) is 5.24. The number of aromatic nitrogens is 4. The third-order valence-corrected chi connectivity index (χ3v) is 4.92. The van der Waals surface area contributed by atoms with Gasteiger partial charge in [0.2, 0.25) is 5.75 Å². The van der Waals surface area contributed by atoms with Crippen LogP contribution in [0.3, 0.4) is 0 Å². The fraction of sp³-hybridized carbons (Fsp3) is 0.227. The number of methoxy groups -OCH3 is 3.